The monoisotopic (exact) mass is 263 g/mol. The van der Waals surface area contributed by atoms with Crippen molar-refractivity contribution in [3.63, 3.8) is 0 Å². The fourth-order valence-electron chi connectivity index (χ4n) is 2.62. The Hall–Kier alpha value is -1.62. The fourth-order valence-corrected chi connectivity index (χ4v) is 2.62. The van der Waals surface area contributed by atoms with Crippen molar-refractivity contribution >= 4 is 5.91 Å². The first kappa shape index (κ1) is 13.8. The zero-order valence-corrected chi connectivity index (χ0v) is 11.5. The van der Waals surface area contributed by atoms with Gasteiger partial charge in [-0.2, -0.15) is 0 Å². The van der Waals surface area contributed by atoms with Crippen molar-refractivity contribution in [2.24, 2.45) is 11.5 Å². The van der Waals surface area contributed by atoms with Gasteiger partial charge in [0.1, 0.15) is 17.4 Å². The highest BCUT2D eigenvalue weighted by atomic mass is 16.5. The van der Waals surface area contributed by atoms with E-state index in [4.69, 9.17) is 16.2 Å². The highest BCUT2D eigenvalue weighted by Crippen LogP contribution is 2.27. The van der Waals surface area contributed by atoms with Gasteiger partial charge in [0.25, 0.3) is 5.91 Å². The van der Waals surface area contributed by atoms with Crippen LogP contribution in [0, 0.1) is 13.8 Å². The Morgan fingerprint density at radius 2 is 2.05 bits per heavy atom. The maximum absolute atomic E-state index is 11.5. The molecule has 0 spiro atoms. The van der Waals surface area contributed by atoms with Crippen LogP contribution in [0.1, 0.15) is 47.4 Å². The number of rotatable bonds is 3. The molecule has 1 heterocycles. The van der Waals surface area contributed by atoms with E-state index in [0.29, 0.717) is 17.0 Å². The van der Waals surface area contributed by atoms with Gasteiger partial charge in [0.05, 0.1) is 5.69 Å². The molecule has 4 N–H and O–H groups in total. The maximum atomic E-state index is 11.5. The molecular weight excluding hydrogens is 242 g/mol. The third-order valence-corrected chi connectivity index (χ3v) is 3.57. The SMILES string of the molecule is Cc1cc(OC2CCCCC2N)c(C(N)=O)c(C)n1. The van der Waals surface area contributed by atoms with Gasteiger partial charge in [-0.3, -0.25) is 9.78 Å². The number of hydrogen-bond donors (Lipinski definition) is 2. The van der Waals surface area contributed by atoms with E-state index in [2.05, 4.69) is 4.98 Å². The molecular formula is C14H21N3O2. The summed E-state index contributed by atoms with van der Waals surface area (Å²) in [4.78, 5) is 15.8. The number of amides is 1. The van der Waals surface area contributed by atoms with Crippen LogP contribution in [0.25, 0.3) is 0 Å². The van der Waals surface area contributed by atoms with Gasteiger partial charge in [-0.05, 0) is 33.1 Å². The Kier molecular flexibility index (Phi) is 4.04. The predicted octanol–water partition coefficient (Wildman–Crippen LogP) is 1.45. The van der Waals surface area contributed by atoms with Crippen molar-refractivity contribution in [3.05, 3.63) is 23.0 Å². The number of carbonyl (C=O) groups is 1. The largest absolute Gasteiger partial charge is 0.488 e. The van der Waals surface area contributed by atoms with Crippen molar-refractivity contribution in [1.82, 2.24) is 4.98 Å². The van der Waals surface area contributed by atoms with E-state index < -0.39 is 5.91 Å². The van der Waals surface area contributed by atoms with Gasteiger partial charge in [-0.1, -0.05) is 6.42 Å². The van der Waals surface area contributed by atoms with E-state index in [-0.39, 0.29) is 12.1 Å². The number of primary amides is 1. The molecule has 0 aromatic carbocycles. The number of pyridine rings is 1. The van der Waals surface area contributed by atoms with Crippen LogP contribution >= 0.6 is 0 Å². The summed E-state index contributed by atoms with van der Waals surface area (Å²) in [6, 6.07) is 1.78. The van der Waals surface area contributed by atoms with Gasteiger partial charge in [0, 0.05) is 17.8 Å². The van der Waals surface area contributed by atoms with Crippen LogP contribution in [0.5, 0.6) is 5.75 Å². The first-order valence-electron chi connectivity index (χ1n) is 6.69. The maximum Gasteiger partial charge on any atom is 0.254 e. The topological polar surface area (TPSA) is 91.2 Å². The molecule has 2 unspecified atom stereocenters. The van der Waals surface area contributed by atoms with E-state index in [9.17, 15) is 4.79 Å². The van der Waals surface area contributed by atoms with E-state index in [1.807, 2.05) is 6.92 Å². The summed E-state index contributed by atoms with van der Waals surface area (Å²) in [6.07, 6.45) is 4.07. The molecule has 1 aromatic heterocycles. The highest BCUT2D eigenvalue weighted by Gasteiger charge is 2.25. The van der Waals surface area contributed by atoms with Gasteiger partial charge in [0.2, 0.25) is 0 Å². The van der Waals surface area contributed by atoms with E-state index in [1.54, 1.807) is 13.0 Å². The number of aromatic nitrogens is 1. The lowest BCUT2D eigenvalue weighted by Gasteiger charge is -2.29. The van der Waals surface area contributed by atoms with E-state index in [0.717, 1.165) is 31.4 Å². The average Bonchev–Trinajstić information content (AvgIpc) is 2.30. The molecule has 1 aliphatic carbocycles. The Morgan fingerprint density at radius 3 is 2.68 bits per heavy atom. The molecule has 5 nitrogen and oxygen atoms in total. The standard InChI is InChI=1S/C14H21N3O2/c1-8-7-12(13(14(16)18)9(2)17-8)19-11-6-4-3-5-10(11)15/h7,10-11H,3-6,15H2,1-2H3,(H2,16,18). The first-order chi connectivity index (χ1) is 8.99. The summed E-state index contributed by atoms with van der Waals surface area (Å²) < 4.78 is 5.96. The van der Waals surface area contributed by atoms with Crippen LogP contribution in [0.4, 0.5) is 0 Å². The molecule has 2 rings (SSSR count). The Morgan fingerprint density at radius 1 is 1.37 bits per heavy atom. The van der Waals surface area contributed by atoms with Crippen LogP contribution in [0.3, 0.4) is 0 Å². The molecule has 0 radical (unpaired) electrons. The fraction of sp³-hybridized carbons (Fsp3) is 0.571. The van der Waals surface area contributed by atoms with Gasteiger partial charge < -0.3 is 16.2 Å². The predicted molar refractivity (Wildman–Crippen MR) is 73.1 cm³/mol. The van der Waals surface area contributed by atoms with Gasteiger partial charge in [0.15, 0.2) is 0 Å². The molecule has 19 heavy (non-hydrogen) atoms. The Labute approximate surface area is 113 Å². The number of hydrogen-bond acceptors (Lipinski definition) is 4. The van der Waals surface area contributed by atoms with Crippen LogP contribution in [0.15, 0.2) is 6.07 Å². The summed E-state index contributed by atoms with van der Waals surface area (Å²) >= 11 is 0. The first-order valence-corrected chi connectivity index (χ1v) is 6.69. The third-order valence-electron chi connectivity index (χ3n) is 3.57. The smallest absolute Gasteiger partial charge is 0.254 e. The van der Waals surface area contributed by atoms with Crippen LogP contribution < -0.4 is 16.2 Å². The molecule has 2 atom stereocenters. The van der Waals surface area contributed by atoms with E-state index >= 15 is 0 Å². The number of aryl methyl sites for hydroxylation is 2. The Bertz CT molecular complexity index is 488. The van der Waals surface area contributed by atoms with Crippen molar-refractivity contribution in [1.29, 1.82) is 0 Å². The highest BCUT2D eigenvalue weighted by molar-refractivity contribution is 5.96. The lowest BCUT2D eigenvalue weighted by Crippen LogP contribution is -2.41. The van der Waals surface area contributed by atoms with Crippen molar-refractivity contribution in [3.8, 4) is 5.75 Å². The molecule has 1 aromatic rings. The minimum Gasteiger partial charge on any atom is -0.488 e. The zero-order valence-electron chi connectivity index (χ0n) is 11.5. The molecule has 1 fully saturated rings. The second kappa shape index (κ2) is 5.57. The number of nitrogens with two attached hydrogens (primary N) is 2. The van der Waals surface area contributed by atoms with Gasteiger partial charge in [-0.25, -0.2) is 0 Å². The number of ether oxygens (including phenoxy) is 1. The second-order valence-corrected chi connectivity index (χ2v) is 5.19. The van der Waals surface area contributed by atoms with Gasteiger partial charge in [-0.15, -0.1) is 0 Å². The minimum atomic E-state index is -0.510. The second-order valence-electron chi connectivity index (χ2n) is 5.19. The summed E-state index contributed by atoms with van der Waals surface area (Å²) in [5.74, 6) is 0.00392. The number of carbonyl (C=O) groups excluding carboxylic acids is 1. The quantitative estimate of drug-likeness (QED) is 0.863. The molecule has 1 amide bonds. The lowest BCUT2D eigenvalue weighted by molar-refractivity contribution is 0.0979. The van der Waals surface area contributed by atoms with Crippen LogP contribution in [-0.4, -0.2) is 23.0 Å². The van der Waals surface area contributed by atoms with Crippen molar-refractivity contribution < 1.29 is 9.53 Å². The summed E-state index contributed by atoms with van der Waals surface area (Å²) in [5.41, 5.74) is 13.3. The van der Waals surface area contributed by atoms with Gasteiger partial charge >= 0.3 is 0 Å². The molecule has 5 heteroatoms. The molecule has 0 bridgehead atoms. The number of nitrogens with zero attached hydrogens (tertiary/aromatic N) is 1. The molecule has 0 saturated heterocycles. The summed E-state index contributed by atoms with van der Waals surface area (Å²) in [6.45, 7) is 3.63. The summed E-state index contributed by atoms with van der Waals surface area (Å²) in [5, 5.41) is 0. The third kappa shape index (κ3) is 3.04. The van der Waals surface area contributed by atoms with Crippen molar-refractivity contribution in [2.75, 3.05) is 0 Å². The van der Waals surface area contributed by atoms with Crippen LogP contribution in [-0.2, 0) is 0 Å². The Balaban J connectivity index is 2.30. The van der Waals surface area contributed by atoms with Crippen LogP contribution in [0.2, 0.25) is 0 Å². The summed E-state index contributed by atoms with van der Waals surface area (Å²) in [7, 11) is 0. The van der Waals surface area contributed by atoms with E-state index in [1.165, 1.54) is 0 Å². The molecule has 1 saturated carbocycles. The molecule has 104 valence electrons. The lowest BCUT2D eigenvalue weighted by atomic mass is 9.93. The average molecular weight is 263 g/mol. The normalized spacial score (nSPS) is 23.1. The zero-order chi connectivity index (χ0) is 14.0. The minimum absolute atomic E-state index is 0.0169. The van der Waals surface area contributed by atoms with Crippen molar-refractivity contribution in [2.45, 2.75) is 51.7 Å². The molecule has 1 aliphatic rings. The molecule has 0 aliphatic heterocycles.